The molecular weight excluding hydrogens is 340 g/mol. The van der Waals surface area contributed by atoms with E-state index in [0.717, 1.165) is 30.5 Å². The fraction of sp³-hybridized carbons (Fsp3) is 0.389. The molecule has 25 heavy (non-hydrogen) atoms. The van der Waals surface area contributed by atoms with Gasteiger partial charge in [0.1, 0.15) is 5.82 Å². The Kier molecular flexibility index (Phi) is 5.71. The van der Waals surface area contributed by atoms with E-state index in [9.17, 15) is 4.79 Å². The lowest BCUT2D eigenvalue weighted by atomic mass is 9.95. The number of hydrogen-bond donors (Lipinski definition) is 1. The lowest BCUT2D eigenvalue weighted by Gasteiger charge is -2.37. The third-order valence-corrected chi connectivity index (χ3v) is 4.64. The molecule has 1 amide bonds. The van der Waals surface area contributed by atoms with Crippen molar-refractivity contribution in [1.82, 2.24) is 14.9 Å². The molecule has 1 aliphatic heterocycles. The number of ether oxygens (including phenoxy) is 1. The Morgan fingerprint density at radius 2 is 2.28 bits per heavy atom. The molecule has 0 spiro atoms. The number of aromatic nitrogens is 2. The maximum Gasteiger partial charge on any atom is 0.213 e. The average Bonchev–Trinajstić information content (AvgIpc) is 2.64. The van der Waals surface area contributed by atoms with Gasteiger partial charge in [-0.2, -0.15) is 0 Å². The van der Waals surface area contributed by atoms with E-state index in [4.69, 9.17) is 16.3 Å². The van der Waals surface area contributed by atoms with Crippen LogP contribution in [-0.4, -0.2) is 39.8 Å². The number of anilines is 2. The van der Waals surface area contributed by atoms with Crippen molar-refractivity contribution in [1.29, 1.82) is 0 Å². The number of alkyl halides is 1. The highest BCUT2D eigenvalue weighted by molar-refractivity contribution is 6.21. The number of nitrogens with zero attached hydrogens (tertiary/aromatic N) is 3. The first-order valence-corrected chi connectivity index (χ1v) is 8.82. The van der Waals surface area contributed by atoms with Gasteiger partial charge in [-0.05, 0) is 31.9 Å². The zero-order valence-corrected chi connectivity index (χ0v) is 14.8. The van der Waals surface area contributed by atoms with Crippen molar-refractivity contribution in [2.45, 2.75) is 31.2 Å². The van der Waals surface area contributed by atoms with Crippen LogP contribution in [0.5, 0.6) is 5.88 Å². The molecule has 3 heterocycles. The number of carbonyl (C=O) groups excluding carboxylic acids is 1. The number of nitrogens with one attached hydrogen (secondary N) is 1. The predicted octanol–water partition coefficient (Wildman–Crippen LogP) is 3.52. The molecule has 0 radical (unpaired) electrons. The van der Waals surface area contributed by atoms with Gasteiger partial charge < -0.3 is 15.0 Å². The summed E-state index contributed by atoms with van der Waals surface area (Å²) in [6, 6.07) is 7.31. The number of piperidine rings is 1. The van der Waals surface area contributed by atoms with Crippen LogP contribution < -0.4 is 10.1 Å². The van der Waals surface area contributed by atoms with E-state index in [1.165, 1.54) is 0 Å². The molecule has 1 fully saturated rings. The molecule has 0 bridgehead atoms. The molecule has 3 rings (SSSR count). The van der Waals surface area contributed by atoms with E-state index in [-0.39, 0.29) is 11.4 Å². The molecule has 2 aromatic rings. The highest BCUT2D eigenvalue weighted by Gasteiger charge is 2.32. The minimum atomic E-state index is -0.195. The Labute approximate surface area is 152 Å². The maximum atomic E-state index is 11.5. The highest BCUT2D eigenvalue weighted by Crippen LogP contribution is 2.37. The van der Waals surface area contributed by atoms with Crippen LogP contribution in [-0.2, 0) is 4.79 Å². The Morgan fingerprint density at radius 3 is 3.00 bits per heavy atom. The second-order valence-corrected chi connectivity index (χ2v) is 6.39. The SMILES string of the molecule is CCOc1ccc(Nc2ncccc2C2C(Cl)CCCN2C=O)cn1. The minimum Gasteiger partial charge on any atom is -0.478 e. The van der Waals surface area contributed by atoms with Gasteiger partial charge in [-0.3, -0.25) is 4.79 Å². The standard InChI is InChI=1S/C18H21ClN4O2/c1-2-25-16-8-7-13(11-21-16)22-18-14(5-3-9-20-18)17-15(19)6-4-10-23(17)12-24/h3,5,7-9,11-12,15,17H,2,4,6,10H2,1H3,(H,20,22). The average molecular weight is 361 g/mol. The summed E-state index contributed by atoms with van der Waals surface area (Å²) in [6.07, 6.45) is 6.06. The molecule has 2 atom stereocenters. The van der Waals surface area contributed by atoms with Crippen molar-refractivity contribution >= 4 is 29.5 Å². The Hall–Kier alpha value is -2.34. The summed E-state index contributed by atoms with van der Waals surface area (Å²) >= 11 is 6.54. The van der Waals surface area contributed by atoms with Crippen LogP contribution in [0.1, 0.15) is 31.4 Å². The van der Waals surface area contributed by atoms with E-state index >= 15 is 0 Å². The molecule has 2 unspecified atom stereocenters. The molecule has 132 valence electrons. The number of rotatable bonds is 6. The van der Waals surface area contributed by atoms with Crippen LogP contribution in [0.15, 0.2) is 36.7 Å². The number of likely N-dealkylation sites (tertiary alicyclic amines) is 1. The number of carbonyl (C=O) groups is 1. The molecule has 0 aliphatic carbocycles. The van der Waals surface area contributed by atoms with Gasteiger partial charge in [-0.25, -0.2) is 9.97 Å². The van der Waals surface area contributed by atoms with E-state index in [1.807, 2.05) is 25.1 Å². The molecule has 2 aromatic heterocycles. The molecule has 1 aliphatic rings. The minimum absolute atomic E-state index is 0.137. The summed E-state index contributed by atoms with van der Waals surface area (Å²) < 4.78 is 5.36. The molecule has 7 heteroatoms. The van der Waals surface area contributed by atoms with Gasteiger partial charge >= 0.3 is 0 Å². The van der Waals surface area contributed by atoms with Crippen LogP contribution in [0.2, 0.25) is 0 Å². The summed E-state index contributed by atoms with van der Waals surface area (Å²) in [5.74, 6) is 1.26. The van der Waals surface area contributed by atoms with E-state index in [1.54, 1.807) is 23.4 Å². The maximum absolute atomic E-state index is 11.5. The summed E-state index contributed by atoms with van der Waals surface area (Å²) in [5.41, 5.74) is 1.70. The molecule has 6 nitrogen and oxygen atoms in total. The lowest BCUT2D eigenvalue weighted by Crippen LogP contribution is -2.39. The van der Waals surface area contributed by atoms with Crippen LogP contribution in [0.25, 0.3) is 0 Å². The van der Waals surface area contributed by atoms with Crippen LogP contribution >= 0.6 is 11.6 Å². The van der Waals surface area contributed by atoms with Crippen LogP contribution in [0, 0.1) is 0 Å². The van der Waals surface area contributed by atoms with Gasteiger partial charge in [-0.15, -0.1) is 11.6 Å². The predicted molar refractivity (Wildman–Crippen MR) is 97.3 cm³/mol. The van der Waals surface area contributed by atoms with E-state index in [0.29, 0.717) is 24.8 Å². The van der Waals surface area contributed by atoms with Crippen molar-refractivity contribution in [3.63, 3.8) is 0 Å². The zero-order chi connectivity index (χ0) is 17.6. The van der Waals surface area contributed by atoms with Gasteiger partial charge in [0, 0.05) is 24.4 Å². The fourth-order valence-corrected chi connectivity index (χ4v) is 3.49. The smallest absolute Gasteiger partial charge is 0.213 e. The number of hydrogen-bond acceptors (Lipinski definition) is 5. The molecule has 1 N–H and O–H groups in total. The van der Waals surface area contributed by atoms with Crippen molar-refractivity contribution in [2.24, 2.45) is 0 Å². The summed E-state index contributed by atoms with van der Waals surface area (Å²) in [7, 11) is 0. The molecule has 0 aromatic carbocycles. The summed E-state index contributed by atoms with van der Waals surface area (Å²) in [5, 5.41) is 3.14. The van der Waals surface area contributed by atoms with Crippen molar-refractivity contribution in [2.75, 3.05) is 18.5 Å². The van der Waals surface area contributed by atoms with Crippen molar-refractivity contribution < 1.29 is 9.53 Å². The lowest BCUT2D eigenvalue weighted by molar-refractivity contribution is -0.121. The van der Waals surface area contributed by atoms with Gasteiger partial charge in [0.25, 0.3) is 0 Å². The fourth-order valence-electron chi connectivity index (χ4n) is 3.05. The molecular formula is C18H21ClN4O2. The van der Waals surface area contributed by atoms with Gasteiger partial charge in [-0.1, -0.05) is 6.07 Å². The largest absolute Gasteiger partial charge is 0.478 e. The van der Waals surface area contributed by atoms with Crippen LogP contribution in [0.4, 0.5) is 11.5 Å². The number of halogens is 1. The zero-order valence-electron chi connectivity index (χ0n) is 14.1. The second-order valence-electron chi connectivity index (χ2n) is 5.83. The Morgan fingerprint density at radius 1 is 1.40 bits per heavy atom. The first-order chi connectivity index (χ1) is 12.2. The Bertz CT molecular complexity index is 710. The topological polar surface area (TPSA) is 67.3 Å². The molecule has 1 saturated heterocycles. The third-order valence-electron chi connectivity index (χ3n) is 4.18. The van der Waals surface area contributed by atoms with Gasteiger partial charge in [0.15, 0.2) is 0 Å². The van der Waals surface area contributed by atoms with Gasteiger partial charge in [0.2, 0.25) is 12.3 Å². The first kappa shape index (κ1) is 17.5. The summed E-state index contributed by atoms with van der Waals surface area (Å²) in [4.78, 5) is 21.9. The number of amides is 1. The molecule has 0 saturated carbocycles. The van der Waals surface area contributed by atoms with Gasteiger partial charge in [0.05, 0.1) is 29.9 Å². The van der Waals surface area contributed by atoms with E-state index < -0.39 is 0 Å². The third kappa shape index (κ3) is 4.02. The van der Waals surface area contributed by atoms with Crippen molar-refractivity contribution in [3.05, 3.63) is 42.2 Å². The monoisotopic (exact) mass is 360 g/mol. The second kappa shape index (κ2) is 8.16. The normalized spacial score (nSPS) is 20.2. The van der Waals surface area contributed by atoms with Crippen molar-refractivity contribution in [3.8, 4) is 5.88 Å². The quantitative estimate of drug-likeness (QED) is 0.630. The number of pyridine rings is 2. The first-order valence-electron chi connectivity index (χ1n) is 8.39. The Balaban J connectivity index is 1.86. The van der Waals surface area contributed by atoms with E-state index in [2.05, 4.69) is 15.3 Å². The van der Waals surface area contributed by atoms with Crippen LogP contribution in [0.3, 0.4) is 0 Å². The summed E-state index contributed by atoms with van der Waals surface area (Å²) in [6.45, 7) is 3.19. The highest BCUT2D eigenvalue weighted by atomic mass is 35.5.